The molecule has 1 aromatic heterocycles. The molecular weight excluding hydrogens is 359 g/mol. The Bertz CT molecular complexity index is 992. The largest absolute Gasteiger partial charge is 0.286 e. The van der Waals surface area contributed by atoms with E-state index in [0.29, 0.717) is 6.54 Å². The maximum absolute atomic E-state index is 4.67. The fourth-order valence-corrected chi connectivity index (χ4v) is 5.53. The van der Waals surface area contributed by atoms with Crippen molar-refractivity contribution in [2.75, 3.05) is 0 Å². The molecule has 0 aliphatic heterocycles. The van der Waals surface area contributed by atoms with E-state index in [4.69, 9.17) is 0 Å². The van der Waals surface area contributed by atoms with Gasteiger partial charge in [0.15, 0.2) is 0 Å². The van der Waals surface area contributed by atoms with Gasteiger partial charge in [0, 0.05) is 18.0 Å². The quantitative estimate of drug-likeness (QED) is 0.358. The summed E-state index contributed by atoms with van der Waals surface area (Å²) in [7, 11) is -0.644. The topological polar surface area (TPSA) is 25.2 Å². The maximum atomic E-state index is 4.67. The van der Waals surface area contributed by atoms with E-state index in [9.17, 15) is 0 Å². The van der Waals surface area contributed by atoms with Crippen LogP contribution in [0.2, 0.25) is 0 Å². The molecule has 0 N–H and O–H groups in total. The molecule has 0 unspecified atom stereocenters. The summed E-state index contributed by atoms with van der Waals surface area (Å²) in [6.07, 6.45) is 3.80. The van der Waals surface area contributed by atoms with E-state index in [2.05, 4.69) is 94.9 Å². The molecule has 0 bridgehead atoms. The first kappa shape index (κ1) is 18.3. The van der Waals surface area contributed by atoms with Crippen molar-refractivity contribution in [1.82, 2.24) is 4.98 Å². The lowest BCUT2D eigenvalue weighted by Crippen LogP contribution is -2.23. The van der Waals surface area contributed by atoms with Crippen LogP contribution in [0.1, 0.15) is 11.3 Å². The Balaban J connectivity index is 1.71. The van der Waals surface area contributed by atoms with E-state index in [1.165, 1.54) is 15.9 Å². The third-order valence-corrected chi connectivity index (χ3v) is 6.93. The molecule has 136 valence electrons. The summed E-state index contributed by atoms with van der Waals surface area (Å²) in [5.74, 6) is 0. The predicted molar refractivity (Wildman–Crippen MR) is 121 cm³/mol. The Hall–Kier alpha value is -3.09. The molecule has 0 radical (unpaired) electrons. The zero-order valence-corrected chi connectivity index (χ0v) is 16.4. The fraction of sp³-hybridized carbons (Fsp3) is 0.0400. The van der Waals surface area contributed by atoms with Gasteiger partial charge in [0.25, 0.3) is 0 Å². The van der Waals surface area contributed by atoms with Gasteiger partial charge < -0.3 is 0 Å². The van der Waals surface area contributed by atoms with Gasteiger partial charge in [-0.25, -0.2) is 0 Å². The summed E-state index contributed by atoms with van der Waals surface area (Å²) in [4.78, 5) is 9.02. The first-order valence-corrected chi connectivity index (χ1v) is 10.6. The van der Waals surface area contributed by atoms with Crippen molar-refractivity contribution in [2.45, 2.75) is 6.54 Å². The van der Waals surface area contributed by atoms with Crippen LogP contribution in [0.3, 0.4) is 0 Å². The highest BCUT2D eigenvalue weighted by Gasteiger charge is 2.18. The Morgan fingerprint density at radius 3 is 1.93 bits per heavy atom. The minimum Gasteiger partial charge on any atom is -0.286 e. The molecule has 2 nitrogen and oxygen atoms in total. The van der Waals surface area contributed by atoms with Gasteiger partial charge in [-0.3, -0.25) is 9.98 Å². The minimum absolute atomic E-state index is 0.587. The zero-order chi connectivity index (χ0) is 19.0. The molecule has 0 spiro atoms. The normalized spacial score (nSPS) is 11.2. The third-order valence-electron chi connectivity index (χ3n) is 4.42. The number of benzene rings is 3. The van der Waals surface area contributed by atoms with Crippen molar-refractivity contribution in [3.05, 3.63) is 121 Å². The van der Waals surface area contributed by atoms with E-state index in [0.717, 1.165) is 11.3 Å². The van der Waals surface area contributed by atoms with Crippen molar-refractivity contribution in [1.29, 1.82) is 0 Å². The molecule has 0 amide bonds. The number of nitrogens with zero attached hydrogens (tertiary/aromatic N) is 2. The second-order valence-corrected chi connectivity index (χ2v) is 8.54. The predicted octanol–water partition coefficient (Wildman–Crippen LogP) is 4.46. The number of hydrogen-bond donors (Lipinski definition) is 0. The monoisotopic (exact) mass is 380 g/mol. The standard InChI is InChI=1S/C25H21N2P/c1-3-13-23(14-4-1)28(24-15-5-2-6-16-24)25-17-8-7-11-21(25)19-26-20-22-12-9-10-18-27-22/h1-19H,20H2/b26-19+. The van der Waals surface area contributed by atoms with Crippen molar-refractivity contribution in [3.8, 4) is 0 Å². The number of hydrogen-bond acceptors (Lipinski definition) is 2. The Morgan fingerprint density at radius 2 is 1.29 bits per heavy atom. The fourth-order valence-electron chi connectivity index (χ4n) is 3.11. The first-order chi connectivity index (χ1) is 13.9. The van der Waals surface area contributed by atoms with E-state index < -0.39 is 7.92 Å². The summed E-state index contributed by atoms with van der Waals surface area (Å²) in [6, 6.07) is 36.0. The van der Waals surface area contributed by atoms with Gasteiger partial charge in [-0.05, 0) is 36.0 Å². The van der Waals surface area contributed by atoms with Gasteiger partial charge in [-0.1, -0.05) is 91.0 Å². The molecule has 0 aliphatic carbocycles. The van der Waals surface area contributed by atoms with Crippen molar-refractivity contribution in [2.24, 2.45) is 4.99 Å². The molecule has 0 atom stereocenters. The average Bonchev–Trinajstić information content (AvgIpc) is 2.77. The van der Waals surface area contributed by atoms with Crippen LogP contribution >= 0.6 is 7.92 Å². The van der Waals surface area contributed by atoms with Gasteiger partial charge in [-0.2, -0.15) is 0 Å². The summed E-state index contributed by atoms with van der Waals surface area (Å²) < 4.78 is 0. The number of aromatic nitrogens is 1. The van der Waals surface area contributed by atoms with E-state index >= 15 is 0 Å². The smallest absolute Gasteiger partial charge is 0.0811 e. The lowest BCUT2D eigenvalue weighted by molar-refractivity contribution is 0.996. The van der Waals surface area contributed by atoms with Gasteiger partial charge >= 0.3 is 0 Å². The molecule has 3 heteroatoms. The van der Waals surface area contributed by atoms with Crippen LogP contribution in [0.25, 0.3) is 0 Å². The highest BCUT2D eigenvalue weighted by atomic mass is 31.1. The molecule has 1 heterocycles. The molecule has 28 heavy (non-hydrogen) atoms. The highest BCUT2D eigenvalue weighted by Crippen LogP contribution is 2.33. The lowest BCUT2D eigenvalue weighted by Gasteiger charge is -2.21. The van der Waals surface area contributed by atoms with E-state index in [1.807, 2.05) is 30.6 Å². The number of rotatable bonds is 6. The molecule has 4 rings (SSSR count). The lowest BCUT2D eigenvalue weighted by atomic mass is 10.2. The van der Waals surface area contributed by atoms with Crippen LogP contribution < -0.4 is 15.9 Å². The SMILES string of the molecule is C(=N\Cc1ccccn1)/c1ccccc1P(c1ccccc1)c1ccccc1. The van der Waals surface area contributed by atoms with Crippen molar-refractivity contribution in [3.63, 3.8) is 0 Å². The van der Waals surface area contributed by atoms with Crippen molar-refractivity contribution >= 4 is 30.0 Å². The van der Waals surface area contributed by atoms with Gasteiger partial charge in [0.1, 0.15) is 0 Å². The van der Waals surface area contributed by atoms with E-state index in [-0.39, 0.29) is 0 Å². The van der Waals surface area contributed by atoms with Gasteiger partial charge in [0.05, 0.1) is 12.2 Å². The molecule has 0 saturated carbocycles. The molecule has 0 aliphatic rings. The van der Waals surface area contributed by atoms with Crippen LogP contribution in [0, 0.1) is 0 Å². The summed E-state index contributed by atoms with van der Waals surface area (Å²) in [6.45, 7) is 0.587. The van der Waals surface area contributed by atoms with Crippen LogP contribution in [-0.4, -0.2) is 11.2 Å². The maximum Gasteiger partial charge on any atom is 0.0811 e. The highest BCUT2D eigenvalue weighted by molar-refractivity contribution is 7.80. The molecule has 0 saturated heterocycles. The van der Waals surface area contributed by atoms with E-state index in [1.54, 1.807) is 0 Å². The first-order valence-electron chi connectivity index (χ1n) is 9.31. The van der Waals surface area contributed by atoms with Crippen LogP contribution in [0.15, 0.2) is 114 Å². The van der Waals surface area contributed by atoms with Crippen LogP contribution in [-0.2, 0) is 6.54 Å². The third kappa shape index (κ3) is 4.42. The summed E-state index contributed by atoms with van der Waals surface area (Å²) >= 11 is 0. The second kappa shape index (κ2) is 9.21. The summed E-state index contributed by atoms with van der Waals surface area (Å²) in [5.41, 5.74) is 2.14. The Labute approximate surface area is 167 Å². The number of pyridine rings is 1. The molecular formula is C25H21N2P. The van der Waals surface area contributed by atoms with Crippen LogP contribution in [0.5, 0.6) is 0 Å². The molecule has 4 aromatic rings. The second-order valence-electron chi connectivity index (χ2n) is 6.36. The zero-order valence-electron chi connectivity index (χ0n) is 15.5. The Morgan fingerprint density at radius 1 is 0.679 bits per heavy atom. The van der Waals surface area contributed by atoms with Crippen molar-refractivity contribution < 1.29 is 0 Å². The molecule has 3 aromatic carbocycles. The Kier molecular flexibility index (Phi) is 6.01. The van der Waals surface area contributed by atoms with Gasteiger partial charge in [0.2, 0.25) is 0 Å². The summed E-state index contributed by atoms with van der Waals surface area (Å²) in [5, 5.41) is 4.00. The molecule has 0 fully saturated rings. The van der Waals surface area contributed by atoms with Gasteiger partial charge in [-0.15, -0.1) is 0 Å². The minimum atomic E-state index is -0.644. The number of aliphatic imine (C=N–C) groups is 1. The average molecular weight is 380 g/mol. The van der Waals surface area contributed by atoms with Crippen LogP contribution in [0.4, 0.5) is 0 Å².